The van der Waals surface area contributed by atoms with Crippen LogP contribution in [0.3, 0.4) is 0 Å². The first-order valence-electron chi connectivity index (χ1n) is 5.94. The van der Waals surface area contributed by atoms with Crippen molar-refractivity contribution in [3.63, 3.8) is 0 Å². The summed E-state index contributed by atoms with van der Waals surface area (Å²) in [5, 5.41) is 3.35. The normalized spacial score (nSPS) is 30.8. The average Bonchev–Trinajstić information content (AvgIpc) is 2.82. The van der Waals surface area contributed by atoms with Crippen LogP contribution in [0.2, 0.25) is 0 Å². The Labute approximate surface area is 96.2 Å². The molecule has 1 heterocycles. The first kappa shape index (κ1) is 9.64. The number of aliphatic imine (C=N–C) groups is 1. The van der Waals surface area contributed by atoms with Crippen molar-refractivity contribution in [1.82, 2.24) is 5.32 Å². The third-order valence-corrected chi connectivity index (χ3v) is 3.38. The molecule has 0 aromatic heterocycles. The molecular weight excluding hydrogens is 196 g/mol. The van der Waals surface area contributed by atoms with Gasteiger partial charge in [-0.2, -0.15) is 0 Å². The number of nitrogens with one attached hydrogen (secondary N) is 1. The van der Waals surface area contributed by atoms with Crippen LogP contribution in [0.4, 0.5) is 0 Å². The van der Waals surface area contributed by atoms with Gasteiger partial charge in [0.05, 0.1) is 12.4 Å². The van der Waals surface area contributed by atoms with Gasteiger partial charge in [-0.05, 0) is 11.5 Å². The fourth-order valence-electron chi connectivity index (χ4n) is 2.56. The highest BCUT2D eigenvalue weighted by Crippen LogP contribution is 2.33. The molecule has 0 amide bonds. The Morgan fingerprint density at radius 3 is 3.12 bits per heavy atom. The molecule has 0 bridgehead atoms. The van der Waals surface area contributed by atoms with Gasteiger partial charge in [0, 0.05) is 18.9 Å². The van der Waals surface area contributed by atoms with Gasteiger partial charge in [-0.3, -0.25) is 4.99 Å². The molecule has 0 radical (unpaired) electrons. The Morgan fingerprint density at radius 2 is 2.25 bits per heavy atom. The molecule has 0 saturated heterocycles. The largest absolute Gasteiger partial charge is 0.372 e. The number of amidine groups is 1. The third-order valence-electron chi connectivity index (χ3n) is 3.38. The Kier molecular flexibility index (Phi) is 2.49. The summed E-state index contributed by atoms with van der Waals surface area (Å²) < 4.78 is 0. The number of rotatable bonds is 2. The Balaban J connectivity index is 1.76. The fraction of sp³-hybridized carbons (Fsp3) is 0.357. The highest BCUT2D eigenvalue weighted by atomic mass is 15.1. The molecule has 2 aliphatic carbocycles. The van der Waals surface area contributed by atoms with E-state index in [9.17, 15) is 0 Å². The van der Waals surface area contributed by atoms with Crippen molar-refractivity contribution in [3.8, 4) is 0 Å². The topological polar surface area (TPSA) is 24.4 Å². The molecule has 1 N–H and O–H groups in total. The Morgan fingerprint density at radius 1 is 1.25 bits per heavy atom. The minimum absolute atomic E-state index is 0.542. The van der Waals surface area contributed by atoms with E-state index in [2.05, 4.69) is 52.8 Å². The maximum Gasteiger partial charge on any atom is 0.0970 e. The SMILES string of the molecule is C1=CC2=CC=C[C@H](CC3=NCCN3)[C@H]2C=C1. The zero-order valence-corrected chi connectivity index (χ0v) is 9.26. The summed E-state index contributed by atoms with van der Waals surface area (Å²) in [4.78, 5) is 4.48. The van der Waals surface area contributed by atoms with Gasteiger partial charge in [0.2, 0.25) is 0 Å². The first-order valence-corrected chi connectivity index (χ1v) is 5.94. The van der Waals surface area contributed by atoms with Crippen LogP contribution < -0.4 is 5.32 Å². The van der Waals surface area contributed by atoms with Gasteiger partial charge in [0.1, 0.15) is 0 Å². The van der Waals surface area contributed by atoms with Crippen molar-refractivity contribution in [3.05, 3.63) is 48.1 Å². The average molecular weight is 212 g/mol. The van der Waals surface area contributed by atoms with E-state index in [0.29, 0.717) is 11.8 Å². The van der Waals surface area contributed by atoms with Crippen molar-refractivity contribution < 1.29 is 0 Å². The van der Waals surface area contributed by atoms with Crippen LogP contribution >= 0.6 is 0 Å². The van der Waals surface area contributed by atoms with Crippen LogP contribution in [0, 0.1) is 11.8 Å². The van der Waals surface area contributed by atoms with E-state index in [0.717, 1.165) is 19.5 Å². The van der Waals surface area contributed by atoms with E-state index in [1.807, 2.05) is 0 Å². The van der Waals surface area contributed by atoms with Crippen molar-refractivity contribution >= 4 is 5.84 Å². The third kappa shape index (κ3) is 1.75. The molecule has 0 aromatic rings. The lowest BCUT2D eigenvalue weighted by Gasteiger charge is -2.27. The minimum Gasteiger partial charge on any atom is -0.372 e. The van der Waals surface area contributed by atoms with E-state index in [1.165, 1.54) is 11.4 Å². The molecule has 2 nitrogen and oxygen atoms in total. The van der Waals surface area contributed by atoms with Gasteiger partial charge in [-0.25, -0.2) is 0 Å². The summed E-state index contributed by atoms with van der Waals surface area (Å²) in [6, 6.07) is 0. The van der Waals surface area contributed by atoms with Crippen LogP contribution in [0.1, 0.15) is 6.42 Å². The zero-order chi connectivity index (χ0) is 10.8. The van der Waals surface area contributed by atoms with Gasteiger partial charge >= 0.3 is 0 Å². The number of hydrogen-bond acceptors (Lipinski definition) is 2. The Bertz CT molecular complexity index is 424. The number of nitrogens with zero attached hydrogens (tertiary/aromatic N) is 1. The molecule has 0 aromatic carbocycles. The molecule has 0 saturated carbocycles. The standard InChI is InChI=1S/C14H16N2/c1-2-7-13-11(4-1)5-3-6-12(13)10-14-15-8-9-16-14/h1-7,12-13H,8-10H2,(H,15,16)/t12-,13+/m1/s1. The zero-order valence-electron chi connectivity index (χ0n) is 9.26. The lowest BCUT2D eigenvalue weighted by Crippen LogP contribution is -2.25. The predicted octanol–water partition coefficient (Wildman–Crippen LogP) is 2.23. The minimum atomic E-state index is 0.542. The van der Waals surface area contributed by atoms with E-state index in [4.69, 9.17) is 0 Å². The molecule has 0 unspecified atom stereocenters. The summed E-state index contributed by atoms with van der Waals surface area (Å²) in [5.41, 5.74) is 1.42. The van der Waals surface area contributed by atoms with Gasteiger partial charge in [0.25, 0.3) is 0 Å². The molecule has 0 spiro atoms. The van der Waals surface area contributed by atoms with Crippen LogP contribution in [-0.2, 0) is 0 Å². The lowest BCUT2D eigenvalue weighted by molar-refractivity contribution is 0.548. The predicted molar refractivity (Wildman–Crippen MR) is 67.4 cm³/mol. The second kappa shape index (κ2) is 4.12. The monoisotopic (exact) mass is 212 g/mol. The van der Waals surface area contributed by atoms with Gasteiger partial charge in [-0.15, -0.1) is 0 Å². The van der Waals surface area contributed by atoms with E-state index >= 15 is 0 Å². The number of hydrogen-bond donors (Lipinski definition) is 1. The molecule has 0 fully saturated rings. The second-order valence-electron chi connectivity index (χ2n) is 4.44. The van der Waals surface area contributed by atoms with Gasteiger partial charge in [0.15, 0.2) is 0 Å². The molecule has 1 aliphatic heterocycles. The summed E-state index contributed by atoms with van der Waals surface area (Å²) >= 11 is 0. The van der Waals surface area contributed by atoms with Crippen molar-refractivity contribution in [1.29, 1.82) is 0 Å². The highest BCUT2D eigenvalue weighted by molar-refractivity contribution is 5.84. The van der Waals surface area contributed by atoms with E-state index in [-0.39, 0.29) is 0 Å². The van der Waals surface area contributed by atoms with E-state index in [1.54, 1.807) is 0 Å². The lowest BCUT2D eigenvalue weighted by atomic mass is 9.78. The number of allylic oxidation sites excluding steroid dienone is 8. The molecule has 3 rings (SSSR count). The van der Waals surface area contributed by atoms with Crippen LogP contribution in [-0.4, -0.2) is 18.9 Å². The van der Waals surface area contributed by atoms with Crippen molar-refractivity contribution in [2.75, 3.05) is 13.1 Å². The molecule has 2 heteroatoms. The summed E-state index contributed by atoms with van der Waals surface area (Å²) in [6.07, 6.45) is 16.5. The van der Waals surface area contributed by atoms with Crippen molar-refractivity contribution in [2.24, 2.45) is 16.8 Å². The highest BCUT2D eigenvalue weighted by Gasteiger charge is 2.24. The van der Waals surface area contributed by atoms with Crippen LogP contribution in [0.5, 0.6) is 0 Å². The first-order chi connectivity index (χ1) is 7.93. The van der Waals surface area contributed by atoms with E-state index < -0.39 is 0 Å². The molecule has 3 aliphatic rings. The van der Waals surface area contributed by atoms with Gasteiger partial charge in [-0.1, -0.05) is 42.5 Å². The maximum atomic E-state index is 4.48. The summed E-state index contributed by atoms with van der Waals surface area (Å²) in [7, 11) is 0. The maximum absolute atomic E-state index is 4.48. The summed E-state index contributed by atoms with van der Waals surface area (Å²) in [6.45, 7) is 1.95. The van der Waals surface area contributed by atoms with Gasteiger partial charge < -0.3 is 5.32 Å². The molecule has 82 valence electrons. The van der Waals surface area contributed by atoms with Crippen LogP contribution in [0.25, 0.3) is 0 Å². The quantitative estimate of drug-likeness (QED) is 0.746. The second-order valence-corrected chi connectivity index (χ2v) is 4.44. The fourth-order valence-corrected chi connectivity index (χ4v) is 2.56. The molecular formula is C14H16N2. The molecule has 16 heavy (non-hydrogen) atoms. The van der Waals surface area contributed by atoms with Crippen molar-refractivity contribution in [2.45, 2.75) is 6.42 Å². The Hall–Kier alpha value is -1.57. The number of fused-ring (bicyclic) bond motifs is 1. The van der Waals surface area contributed by atoms with Crippen LogP contribution in [0.15, 0.2) is 53.1 Å². The smallest absolute Gasteiger partial charge is 0.0970 e. The molecule has 2 atom stereocenters. The summed E-state index contributed by atoms with van der Waals surface area (Å²) in [5.74, 6) is 2.28.